The minimum atomic E-state index is -0.282. The molecule has 2 fully saturated rings. The molecule has 1 amide bonds. The molecule has 0 unspecified atom stereocenters. The van der Waals surface area contributed by atoms with Crippen molar-refractivity contribution in [2.24, 2.45) is 5.92 Å². The fourth-order valence-electron chi connectivity index (χ4n) is 5.27. The number of nitrogens with one attached hydrogen (secondary N) is 2. The summed E-state index contributed by atoms with van der Waals surface area (Å²) in [5.41, 5.74) is 4.26. The normalized spacial score (nSPS) is 17.0. The Balaban J connectivity index is 1.40. The van der Waals surface area contributed by atoms with Crippen molar-refractivity contribution in [2.45, 2.75) is 32.2 Å². The fraction of sp³-hybridized carbons (Fsp3) is 0.357. The number of amides is 1. The summed E-state index contributed by atoms with van der Waals surface area (Å²) in [6.45, 7) is 6.42. The largest absolute Gasteiger partial charge is 0.361 e. The van der Waals surface area contributed by atoms with Crippen LogP contribution in [-0.4, -0.2) is 52.6 Å². The molecule has 8 nitrogen and oxygen atoms in total. The van der Waals surface area contributed by atoms with Gasteiger partial charge in [0.2, 0.25) is 5.82 Å². The van der Waals surface area contributed by atoms with Crippen molar-refractivity contribution in [3.63, 3.8) is 0 Å². The number of fused-ring (bicyclic) bond motifs is 1. The third-order valence-electron chi connectivity index (χ3n) is 7.40. The van der Waals surface area contributed by atoms with E-state index in [1.807, 2.05) is 50.2 Å². The molecule has 0 radical (unpaired) electrons. The Morgan fingerprint density at radius 3 is 2.65 bits per heavy atom. The lowest BCUT2D eigenvalue weighted by Gasteiger charge is -2.36. The number of hydrogen-bond acceptors (Lipinski definition) is 7. The molecular weight excluding hydrogens is 488 g/mol. The van der Waals surface area contributed by atoms with Gasteiger partial charge in [-0.3, -0.25) is 4.79 Å². The van der Waals surface area contributed by atoms with Gasteiger partial charge in [0.1, 0.15) is 11.6 Å². The van der Waals surface area contributed by atoms with Crippen LogP contribution in [0.2, 0.25) is 5.02 Å². The van der Waals surface area contributed by atoms with Crippen molar-refractivity contribution in [1.82, 2.24) is 25.3 Å². The number of nitrogens with zero attached hydrogens (tertiary/aromatic N) is 4. The van der Waals surface area contributed by atoms with Crippen LogP contribution >= 0.6 is 11.6 Å². The molecule has 1 aliphatic heterocycles. The summed E-state index contributed by atoms with van der Waals surface area (Å²) in [6, 6.07) is 13.9. The Kier molecular flexibility index (Phi) is 5.88. The molecule has 2 aromatic heterocycles. The summed E-state index contributed by atoms with van der Waals surface area (Å²) in [4.78, 5) is 24.7. The predicted octanol–water partition coefficient (Wildman–Crippen LogP) is 4.95. The maximum Gasteiger partial charge on any atom is 0.289 e. The molecule has 1 saturated heterocycles. The minimum absolute atomic E-state index is 0.162. The molecule has 0 bridgehead atoms. The van der Waals surface area contributed by atoms with Crippen LogP contribution < -0.4 is 10.6 Å². The molecule has 6 rings (SSSR count). The number of aromatic nitrogens is 3. The van der Waals surface area contributed by atoms with Crippen molar-refractivity contribution in [1.29, 1.82) is 0 Å². The van der Waals surface area contributed by atoms with Crippen LogP contribution in [0, 0.1) is 19.8 Å². The molecule has 3 heterocycles. The van der Waals surface area contributed by atoms with E-state index in [9.17, 15) is 4.79 Å². The molecule has 1 saturated carbocycles. The Bertz CT molecular complexity index is 1490. The van der Waals surface area contributed by atoms with Crippen molar-refractivity contribution in [2.75, 3.05) is 32.0 Å². The summed E-state index contributed by atoms with van der Waals surface area (Å²) in [5, 5.41) is 12.3. The first kappa shape index (κ1) is 23.9. The van der Waals surface area contributed by atoms with Crippen molar-refractivity contribution >= 4 is 34.2 Å². The number of carbonyl (C=O) groups is 1. The van der Waals surface area contributed by atoms with E-state index in [-0.39, 0.29) is 17.3 Å². The number of anilines is 1. The van der Waals surface area contributed by atoms with E-state index in [1.54, 1.807) is 0 Å². The molecule has 37 heavy (non-hydrogen) atoms. The number of likely N-dealkylation sites (tertiary alicyclic amines) is 1. The summed E-state index contributed by atoms with van der Waals surface area (Å²) in [7, 11) is 2.08. The maximum atomic E-state index is 13.1. The molecule has 0 spiro atoms. The van der Waals surface area contributed by atoms with Crippen molar-refractivity contribution < 1.29 is 9.32 Å². The summed E-state index contributed by atoms with van der Waals surface area (Å²) >= 11 is 6.31. The lowest BCUT2D eigenvalue weighted by Crippen LogP contribution is -2.49. The van der Waals surface area contributed by atoms with Crippen LogP contribution in [0.1, 0.15) is 40.5 Å². The van der Waals surface area contributed by atoms with Gasteiger partial charge >= 0.3 is 0 Å². The van der Waals surface area contributed by atoms with Gasteiger partial charge in [-0.1, -0.05) is 35.0 Å². The Morgan fingerprint density at radius 1 is 1.16 bits per heavy atom. The first-order valence-corrected chi connectivity index (χ1v) is 13.0. The lowest BCUT2D eigenvalue weighted by atomic mass is 10.0. The zero-order valence-corrected chi connectivity index (χ0v) is 21.9. The molecule has 9 heteroatoms. The minimum Gasteiger partial charge on any atom is -0.361 e. The van der Waals surface area contributed by atoms with Crippen molar-refractivity contribution in [3.8, 4) is 11.1 Å². The van der Waals surface area contributed by atoms with E-state index in [0.29, 0.717) is 28.8 Å². The maximum absolute atomic E-state index is 13.1. The average molecular weight is 517 g/mol. The number of carbonyl (C=O) groups excluding carboxylic acids is 1. The quantitative estimate of drug-likeness (QED) is 0.359. The van der Waals surface area contributed by atoms with Gasteiger partial charge in [0.25, 0.3) is 5.91 Å². The van der Waals surface area contributed by atoms with Gasteiger partial charge in [0, 0.05) is 41.5 Å². The standard InChI is InChI=1S/C28H29ClN6O2/c1-16-24(17(2)37-34-16)19-7-8-23-22(11-19)25(33-28(9-10-28)20-5-4-6-21(29)12-20)32-26(31-23)27(36)30-13-18-14-35(3)15-18/h4-8,11-12,18H,9-10,13-15H2,1-3H3,(H,30,36)(H,31,32,33). The monoisotopic (exact) mass is 516 g/mol. The van der Waals surface area contributed by atoms with E-state index < -0.39 is 0 Å². The zero-order valence-electron chi connectivity index (χ0n) is 21.1. The molecule has 0 atom stereocenters. The molecule has 2 N–H and O–H groups in total. The third kappa shape index (κ3) is 4.55. The zero-order chi connectivity index (χ0) is 25.7. The first-order valence-electron chi connectivity index (χ1n) is 12.6. The van der Waals surface area contributed by atoms with Crippen LogP contribution in [0.15, 0.2) is 47.0 Å². The summed E-state index contributed by atoms with van der Waals surface area (Å²) < 4.78 is 5.40. The molecular formula is C28H29ClN6O2. The lowest BCUT2D eigenvalue weighted by molar-refractivity contribution is 0.0888. The van der Waals surface area contributed by atoms with Gasteiger partial charge in [-0.05, 0) is 69.1 Å². The second kappa shape index (κ2) is 9.11. The molecule has 2 aliphatic rings. The highest BCUT2D eigenvalue weighted by molar-refractivity contribution is 6.30. The number of hydrogen-bond donors (Lipinski definition) is 2. The highest BCUT2D eigenvalue weighted by atomic mass is 35.5. The first-order chi connectivity index (χ1) is 17.8. The van der Waals surface area contributed by atoms with E-state index in [0.717, 1.165) is 59.5 Å². The average Bonchev–Trinajstić information content (AvgIpc) is 3.57. The second-order valence-electron chi connectivity index (χ2n) is 10.3. The molecule has 190 valence electrons. The molecule has 1 aliphatic carbocycles. The van der Waals surface area contributed by atoms with Crippen LogP contribution in [0.4, 0.5) is 5.82 Å². The predicted molar refractivity (Wildman–Crippen MR) is 144 cm³/mol. The highest BCUT2D eigenvalue weighted by Gasteiger charge is 2.45. The Morgan fingerprint density at radius 2 is 1.97 bits per heavy atom. The van der Waals surface area contributed by atoms with E-state index in [4.69, 9.17) is 21.1 Å². The topological polar surface area (TPSA) is 96.2 Å². The van der Waals surface area contributed by atoms with Gasteiger partial charge in [-0.25, -0.2) is 9.97 Å². The van der Waals surface area contributed by atoms with Crippen LogP contribution in [0.5, 0.6) is 0 Å². The van der Waals surface area contributed by atoms with E-state index >= 15 is 0 Å². The van der Waals surface area contributed by atoms with Gasteiger partial charge in [0.15, 0.2) is 0 Å². The van der Waals surface area contributed by atoms with Crippen molar-refractivity contribution in [3.05, 3.63) is 70.3 Å². The highest BCUT2D eigenvalue weighted by Crippen LogP contribution is 2.49. The third-order valence-corrected chi connectivity index (χ3v) is 7.63. The van der Waals surface area contributed by atoms with Gasteiger partial charge < -0.3 is 20.1 Å². The smallest absolute Gasteiger partial charge is 0.289 e. The Labute approximate surface area is 220 Å². The van der Waals surface area contributed by atoms with Crippen LogP contribution in [-0.2, 0) is 5.54 Å². The van der Waals surface area contributed by atoms with Crippen LogP contribution in [0.25, 0.3) is 22.0 Å². The fourth-order valence-corrected chi connectivity index (χ4v) is 5.46. The number of benzene rings is 2. The number of aryl methyl sites for hydroxylation is 2. The van der Waals surface area contributed by atoms with E-state index in [2.05, 4.69) is 38.8 Å². The van der Waals surface area contributed by atoms with Gasteiger partial charge in [0.05, 0.1) is 16.7 Å². The summed E-state index contributed by atoms with van der Waals surface area (Å²) in [5.74, 6) is 1.74. The Hall–Kier alpha value is -3.49. The second-order valence-corrected chi connectivity index (χ2v) is 10.8. The molecule has 4 aromatic rings. The van der Waals surface area contributed by atoms with Crippen LogP contribution in [0.3, 0.4) is 0 Å². The number of halogens is 1. The SMILES string of the molecule is Cc1noc(C)c1-c1ccc2nc(C(=O)NCC3CN(C)C3)nc(NC3(c4cccc(Cl)c4)CC3)c2c1. The van der Waals surface area contributed by atoms with Gasteiger partial charge in [-0.2, -0.15) is 0 Å². The number of rotatable bonds is 7. The van der Waals surface area contributed by atoms with E-state index in [1.165, 1.54) is 0 Å². The molecule has 2 aromatic carbocycles. The summed E-state index contributed by atoms with van der Waals surface area (Å²) in [6.07, 6.45) is 1.89. The van der Waals surface area contributed by atoms with Gasteiger partial charge in [-0.15, -0.1) is 0 Å².